The number of ether oxygens (including phenoxy) is 1. The Bertz CT molecular complexity index is 1030. The molecular formula is C19H15FN4O2. The fourth-order valence-electron chi connectivity index (χ4n) is 3.14. The number of aromatic amines is 1. The lowest BCUT2D eigenvalue weighted by molar-refractivity contribution is 0.103. The van der Waals surface area contributed by atoms with E-state index in [0.29, 0.717) is 54.2 Å². The van der Waals surface area contributed by atoms with Gasteiger partial charge in [-0.2, -0.15) is 5.26 Å². The van der Waals surface area contributed by atoms with Crippen LogP contribution in [0.2, 0.25) is 0 Å². The van der Waals surface area contributed by atoms with Crippen LogP contribution in [0.3, 0.4) is 0 Å². The maximum Gasteiger partial charge on any atom is 0.198 e. The van der Waals surface area contributed by atoms with Crippen molar-refractivity contribution < 1.29 is 13.9 Å². The van der Waals surface area contributed by atoms with Gasteiger partial charge in [0.25, 0.3) is 0 Å². The number of fused-ring (bicyclic) bond motifs is 1. The first-order chi connectivity index (χ1) is 12.7. The summed E-state index contributed by atoms with van der Waals surface area (Å²) in [5.41, 5.74) is 1.51. The van der Waals surface area contributed by atoms with Gasteiger partial charge in [0.15, 0.2) is 11.6 Å². The lowest BCUT2D eigenvalue weighted by Crippen LogP contribution is -2.37. The summed E-state index contributed by atoms with van der Waals surface area (Å²) in [5.74, 6) is -0.987. The van der Waals surface area contributed by atoms with Gasteiger partial charge < -0.3 is 14.6 Å². The minimum atomic E-state index is -0.543. The molecule has 6 nitrogen and oxygen atoms in total. The molecule has 130 valence electrons. The molecule has 1 aliphatic rings. The Morgan fingerprint density at radius 3 is 2.88 bits per heavy atom. The summed E-state index contributed by atoms with van der Waals surface area (Å²) in [4.78, 5) is 21.9. The van der Waals surface area contributed by atoms with E-state index in [0.717, 1.165) is 0 Å². The van der Waals surface area contributed by atoms with E-state index in [1.165, 1.54) is 18.5 Å². The molecule has 2 aromatic heterocycles. The van der Waals surface area contributed by atoms with E-state index in [1.807, 2.05) is 11.0 Å². The highest BCUT2D eigenvalue weighted by atomic mass is 19.1. The predicted molar refractivity (Wildman–Crippen MR) is 93.7 cm³/mol. The molecule has 7 heteroatoms. The minimum absolute atomic E-state index is 0.00254. The number of H-pyrrole nitrogens is 1. The van der Waals surface area contributed by atoms with Gasteiger partial charge in [-0.3, -0.25) is 4.79 Å². The van der Waals surface area contributed by atoms with Crippen molar-refractivity contribution >= 4 is 22.5 Å². The van der Waals surface area contributed by atoms with Gasteiger partial charge in [0.05, 0.1) is 30.0 Å². The molecule has 26 heavy (non-hydrogen) atoms. The van der Waals surface area contributed by atoms with Gasteiger partial charge in [0.2, 0.25) is 0 Å². The number of morpholine rings is 1. The third-order valence-electron chi connectivity index (χ3n) is 4.48. The molecule has 1 saturated heterocycles. The molecule has 0 atom stereocenters. The molecule has 0 amide bonds. The Kier molecular flexibility index (Phi) is 4.11. The summed E-state index contributed by atoms with van der Waals surface area (Å²) in [6, 6.07) is 8.40. The molecule has 1 aromatic carbocycles. The van der Waals surface area contributed by atoms with Crippen molar-refractivity contribution in [1.82, 2.24) is 9.97 Å². The van der Waals surface area contributed by atoms with Gasteiger partial charge in [0, 0.05) is 36.4 Å². The fraction of sp³-hybridized carbons (Fsp3) is 0.211. The summed E-state index contributed by atoms with van der Waals surface area (Å²) in [6.07, 6.45) is 2.93. The lowest BCUT2D eigenvalue weighted by atomic mass is 10.0. The Hall–Kier alpha value is -3.24. The van der Waals surface area contributed by atoms with Crippen molar-refractivity contribution in [3.05, 3.63) is 59.2 Å². The van der Waals surface area contributed by atoms with Crippen molar-refractivity contribution in [3.63, 3.8) is 0 Å². The van der Waals surface area contributed by atoms with Crippen molar-refractivity contribution in [1.29, 1.82) is 5.26 Å². The van der Waals surface area contributed by atoms with Gasteiger partial charge >= 0.3 is 0 Å². The molecule has 3 heterocycles. The minimum Gasteiger partial charge on any atom is -0.378 e. The molecule has 1 N–H and O–H groups in total. The monoisotopic (exact) mass is 350 g/mol. The molecule has 0 unspecified atom stereocenters. The number of nitriles is 1. The maximum atomic E-state index is 15.1. The van der Waals surface area contributed by atoms with Crippen LogP contribution in [0.5, 0.6) is 0 Å². The van der Waals surface area contributed by atoms with E-state index in [-0.39, 0.29) is 5.56 Å². The van der Waals surface area contributed by atoms with Crippen LogP contribution in [-0.2, 0) is 4.74 Å². The molecule has 0 radical (unpaired) electrons. The van der Waals surface area contributed by atoms with Gasteiger partial charge in [-0.1, -0.05) is 6.07 Å². The lowest BCUT2D eigenvalue weighted by Gasteiger charge is -2.29. The molecule has 1 aliphatic heterocycles. The molecular weight excluding hydrogens is 335 g/mol. The van der Waals surface area contributed by atoms with Crippen LogP contribution in [0, 0.1) is 17.1 Å². The summed E-state index contributed by atoms with van der Waals surface area (Å²) >= 11 is 0. The number of pyridine rings is 1. The number of aromatic nitrogens is 2. The summed E-state index contributed by atoms with van der Waals surface area (Å²) in [5, 5.41) is 9.55. The first-order valence-electron chi connectivity index (χ1n) is 8.22. The fourth-order valence-corrected chi connectivity index (χ4v) is 3.14. The van der Waals surface area contributed by atoms with Gasteiger partial charge in [-0.05, 0) is 18.2 Å². The predicted octanol–water partition coefficient (Wildman–Crippen LogP) is 2.64. The van der Waals surface area contributed by atoms with Gasteiger partial charge in [-0.15, -0.1) is 0 Å². The number of halogens is 1. The molecule has 3 aromatic rings. The largest absolute Gasteiger partial charge is 0.378 e. The number of anilines is 1. The zero-order valence-electron chi connectivity index (χ0n) is 13.8. The Balaban J connectivity index is 1.76. The number of ketones is 1. The van der Waals surface area contributed by atoms with E-state index in [1.54, 1.807) is 18.2 Å². The number of nitrogens with zero attached hydrogens (tertiary/aromatic N) is 3. The summed E-state index contributed by atoms with van der Waals surface area (Å²) < 4.78 is 20.4. The molecule has 0 aliphatic carbocycles. The van der Waals surface area contributed by atoms with Crippen molar-refractivity contribution in [2.24, 2.45) is 0 Å². The zero-order valence-corrected chi connectivity index (χ0v) is 13.8. The average molecular weight is 350 g/mol. The summed E-state index contributed by atoms with van der Waals surface area (Å²) in [7, 11) is 0. The summed E-state index contributed by atoms with van der Waals surface area (Å²) in [6.45, 7) is 2.22. The third kappa shape index (κ3) is 2.70. The van der Waals surface area contributed by atoms with E-state index < -0.39 is 11.6 Å². The molecule has 0 saturated carbocycles. The van der Waals surface area contributed by atoms with Crippen LogP contribution < -0.4 is 4.90 Å². The number of benzene rings is 1. The number of nitrogens with one attached hydrogen (secondary N) is 1. The van der Waals surface area contributed by atoms with Crippen molar-refractivity contribution in [2.75, 3.05) is 31.2 Å². The van der Waals surface area contributed by atoms with Gasteiger partial charge in [0.1, 0.15) is 11.7 Å². The highest BCUT2D eigenvalue weighted by molar-refractivity contribution is 6.16. The quantitative estimate of drug-likeness (QED) is 0.735. The number of hydrogen-bond acceptors (Lipinski definition) is 5. The Morgan fingerprint density at radius 2 is 2.12 bits per heavy atom. The standard InChI is InChI=1S/C19H15FN4O2/c20-17-13(2-1-3-16(17)24-4-6-26-7-5-24)18(25)15-11-23-19-14(15)8-12(9-21)10-22-19/h1-3,8,10-11H,4-7H2,(H,22,23). The topological polar surface area (TPSA) is 82.0 Å². The highest BCUT2D eigenvalue weighted by Gasteiger charge is 2.23. The number of carbonyl (C=O) groups is 1. The Morgan fingerprint density at radius 1 is 1.31 bits per heavy atom. The Labute approximate surface area is 148 Å². The average Bonchev–Trinajstić information content (AvgIpc) is 3.11. The van der Waals surface area contributed by atoms with Crippen LogP contribution in [0.4, 0.5) is 10.1 Å². The third-order valence-corrected chi connectivity index (χ3v) is 4.48. The molecule has 0 bridgehead atoms. The van der Waals surface area contributed by atoms with Crippen molar-refractivity contribution in [2.45, 2.75) is 0 Å². The highest BCUT2D eigenvalue weighted by Crippen LogP contribution is 2.27. The molecule has 0 spiro atoms. The molecule has 4 rings (SSSR count). The SMILES string of the molecule is N#Cc1cnc2[nH]cc(C(=O)c3cccc(N4CCOCC4)c3F)c2c1. The normalized spacial score (nSPS) is 14.4. The van der Waals surface area contributed by atoms with Crippen LogP contribution in [0.15, 0.2) is 36.7 Å². The number of carbonyl (C=O) groups excluding carboxylic acids is 1. The van der Waals surface area contributed by atoms with E-state index >= 15 is 4.39 Å². The maximum absolute atomic E-state index is 15.1. The number of hydrogen-bond donors (Lipinski definition) is 1. The smallest absolute Gasteiger partial charge is 0.198 e. The zero-order chi connectivity index (χ0) is 18.1. The second-order valence-electron chi connectivity index (χ2n) is 6.00. The first kappa shape index (κ1) is 16.2. The van der Waals surface area contributed by atoms with E-state index in [2.05, 4.69) is 9.97 Å². The first-order valence-corrected chi connectivity index (χ1v) is 8.22. The van der Waals surface area contributed by atoms with E-state index in [4.69, 9.17) is 10.00 Å². The van der Waals surface area contributed by atoms with Gasteiger partial charge in [-0.25, -0.2) is 9.37 Å². The second kappa shape index (κ2) is 6.58. The van der Waals surface area contributed by atoms with Crippen LogP contribution >= 0.6 is 0 Å². The van der Waals surface area contributed by atoms with Crippen LogP contribution in [-0.4, -0.2) is 42.1 Å². The van der Waals surface area contributed by atoms with Crippen LogP contribution in [0.25, 0.3) is 11.0 Å². The van der Waals surface area contributed by atoms with Crippen LogP contribution in [0.1, 0.15) is 21.5 Å². The van der Waals surface area contributed by atoms with Crippen molar-refractivity contribution in [3.8, 4) is 6.07 Å². The number of rotatable bonds is 3. The second-order valence-corrected chi connectivity index (χ2v) is 6.00. The van der Waals surface area contributed by atoms with E-state index in [9.17, 15) is 4.79 Å². The molecule has 1 fully saturated rings.